The number of rotatable bonds is 11. The average molecular weight is 489 g/mol. The molecule has 2 aromatic rings. The zero-order valence-electron chi connectivity index (χ0n) is 21.2. The second kappa shape index (κ2) is 11.8. The van der Waals surface area contributed by atoms with Crippen molar-refractivity contribution in [2.75, 3.05) is 11.9 Å². The van der Waals surface area contributed by atoms with E-state index in [0.29, 0.717) is 37.2 Å². The van der Waals surface area contributed by atoms with E-state index in [1.165, 1.54) is 0 Å². The summed E-state index contributed by atoms with van der Waals surface area (Å²) in [6.07, 6.45) is 8.94. The van der Waals surface area contributed by atoms with Crippen molar-refractivity contribution >= 4 is 25.6 Å². The molecule has 1 atom stereocenters. The van der Waals surface area contributed by atoms with E-state index >= 15 is 0 Å². The Morgan fingerprint density at radius 1 is 1.21 bits per heavy atom. The van der Waals surface area contributed by atoms with E-state index in [1.807, 2.05) is 6.92 Å². The van der Waals surface area contributed by atoms with Crippen molar-refractivity contribution in [1.29, 1.82) is 0 Å². The highest BCUT2D eigenvalue weighted by Gasteiger charge is 2.33. The Morgan fingerprint density at radius 2 is 1.94 bits per heavy atom. The molecule has 2 amide bonds. The summed E-state index contributed by atoms with van der Waals surface area (Å²) < 4.78 is 9.05. The number of aryl methyl sites for hydroxylation is 1. The molecule has 2 aromatic heterocycles. The highest BCUT2D eigenvalue weighted by atomic mass is 28.3. The van der Waals surface area contributed by atoms with E-state index in [0.717, 1.165) is 31.7 Å². The average Bonchev–Trinajstić information content (AvgIpc) is 3.44. The summed E-state index contributed by atoms with van der Waals surface area (Å²) in [5.41, 5.74) is 1.06. The van der Waals surface area contributed by atoms with Crippen LogP contribution in [0.1, 0.15) is 50.0 Å². The number of nitrogens with zero attached hydrogens (tertiary/aromatic N) is 4. The molecule has 0 aliphatic heterocycles. The van der Waals surface area contributed by atoms with E-state index in [1.54, 1.807) is 34.0 Å². The highest BCUT2D eigenvalue weighted by molar-refractivity contribution is 6.76. The zero-order valence-corrected chi connectivity index (χ0v) is 22.2. The number of amides is 2. The third kappa shape index (κ3) is 7.53. The van der Waals surface area contributed by atoms with Crippen LogP contribution in [0.5, 0.6) is 0 Å². The Labute approximate surface area is 203 Å². The van der Waals surface area contributed by atoms with Crippen LogP contribution in [0.15, 0.2) is 24.7 Å². The topological polar surface area (TPSA) is 103 Å². The number of ether oxygens (including phenoxy) is 1. The Bertz CT molecular complexity index is 943. The van der Waals surface area contributed by atoms with Gasteiger partial charge in [-0.3, -0.25) is 14.3 Å². The van der Waals surface area contributed by atoms with Gasteiger partial charge < -0.3 is 15.4 Å². The molecule has 1 saturated carbocycles. The van der Waals surface area contributed by atoms with Gasteiger partial charge in [0.25, 0.3) is 5.91 Å². The molecule has 9 nitrogen and oxygen atoms in total. The van der Waals surface area contributed by atoms with Crippen molar-refractivity contribution < 1.29 is 14.3 Å². The number of carbonyl (C=O) groups is 2. The van der Waals surface area contributed by atoms with Crippen molar-refractivity contribution in [3.63, 3.8) is 0 Å². The molecule has 0 radical (unpaired) electrons. The zero-order chi connectivity index (χ0) is 24.7. The number of hydrogen-bond acceptors (Lipinski definition) is 5. The molecule has 3 rings (SSSR count). The highest BCUT2D eigenvalue weighted by Crippen LogP contribution is 2.31. The van der Waals surface area contributed by atoms with Gasteiger partial charge in [0.05, 0.1) is 18.1 Å². The molecular weight excluding hydrogens is 448 g/mol. The quantitative estimate of drug-likeness (QED) is 0.368. The van der Waals surface area contributed by atoms with Crippen LogP contribution in [0.3, 0.4) is 0 Å². The van der Waals surface area contributed by atoms with Gasteiger partial charge in [-0.1, -0.05) is 39.4 Å². The van der Waals surface area contributed by atoms with E-state index in [4.69, 9.17) is 4.74 Å². The van der Waals surface area contributed by atoms with Gasteiger partial charge in [-0.25, -0.2) is 4.68 Å². The van der Waals surface area contributed by atoms with Crippen molar-refractivity contribution in [3.05, 3.63) is 30.4 Å². The van der Waals surface area contributed by atoms with Crippen LogP contribution >= 0.6 is 0 Å². The first-order chi connectivity index (χ1) is 16.2. The van der Waals surface area contributed by atoms with Crippen molar-refractivity contribution in [2.45, 2.75) is 84.5 Å². The van der Waals surface area contributed by atoms with Gasteiger partial charge in [0, 0.05) is 27.4 Å². The van der Waals surface area contributed by atoms with Crippen LogP contribution in [-0.2, 0) is 22.8 Å². The van der Waals surface area contributed by atoms with Crippen LogP contribution in [-0.4, -0.2) is 52.1 Å². The lowest BCUT2D eigenvalue weighted by Gasteiger charge is -2.32. The smallest absolute Gasteiger partial charge is 0.270 e. The fraction of sp³-hybridized carbons (Fsp3) is 0.667. The Kier molecular flexibility index (Phi) is 9.07. The third-order valence-electron chi connectivity index (χ3n) is 6.47. The SMILES string of the molecule is CCn1nccc1C(=O)N[C@H](C(=O)Nc1cnn(COCC[Si](C)(C)C)c1)C1CCC(C)CC1. The summed E-state index contributed by atoms with van der Waals surface area (Å²) in [4.78, 5) is 26.3. The van der Waals surface area contributed by atoms with Gasteiger partial charge in [0.1, 0.15) is 18.5 Å². The first kappa shape index (κ1) is 26.1. The molecule has 1 aliphatic carbocycles. The maximum absolute atomic E-state index is 13.3. The number of anilines is 1. The minimum Gasteiger partial charge on any atom is -0.360 e. The molecule has 1 fully saturated rings. The minimum atomic E-state index is -1.14. The fourth-order valence-corrected chi connectivity index (χ4v) is 5.02. The molecule has 2 N–H and O–H groups in total. The maximum Gasteiger partial charge on any atom is 0.270 e. The molecule has 0 bridgehead atoms. The van der Waals surface area contributed by atoms with Gasteiger partial charge in [-0.15, -0.1) is 0 Å². The van der Waals surface area contributed by atoms with Gasteiger partial charge in [0.2, 0.25) is 5.91 Å². The van der Waals surface area contributed by atoms with Crippen LogP contribution in [0.4, 0.5) is 5.69 Å². The molecular formula is C24H40N6O3Si. The van der Waals surface area contributed by atoms with E-state index in [9.17, 15) is 9.59 Å². The lowest BCUT2D eigenvalue weighted by Crippen LogP contribution is -2.49. The monoisotopic (exact) mass is 488 g/mol. The predicted octanol–water partition coefficient (Wildman–Crippen LogP) is 3.98. The molecule has 0 aromatic carbocycles. The largest absolute Gasteiger partial charge is 0.360 e. The van der Waals surface area contributed by atoms with E-state index < -0.39 is 14.1 Å². The predicted molar refractivity (Wildman–Crippen MR) is 135 cm³/mol. The molecule has 10 heteroatoms. The van der Waals surface area contributed by atoms with Crippen molar-refractivity contribution in [2.24, 2.45) is 11.8 Å². The van der Waals surface area contributed by atoms with Gasteiger partial charge in [-0.05, 0) is 43.7 Å². The molecule has 0 spiro atoms. The van der Waals surface area contributed by atoms with Gasteiger partial charge in [-0.2, -0.15) is 10.2 Å². The lowest BCUT2D eigenvalue weighted by atomic mass is 9.79. The van der Waals surface area contributed by atoms with E-state index in [2.05, 4.69) is 47.4 Å². The summed E-state index contributed by atoms with van der Waals surface area (Å²) in [6.45, 7) is 12.8. The molecule has 34 heavy (non-hydrogen) atoms. The molecule has 188 valence electrons. The standard InChI is InChI=1S/C24H40N6O3Si/c1-6-30-21(11-12-25-30)23(31)28-22(19-9-7-18(2)8-10-19)24(32)27-20-15-26-29(16-20)17-33-13-14-34(3,4)5/h11-12,15-16,18-19,22H,6-10,13-14,17H2,1-5H3,(H,27,32)(H,28,31)/t18?,19?,22-/m0/s1. The number of aromatic nitrogens is 4. The second-order valence-corrected chi connectivity index (χ2v) is 16.2. The summed E-state index contributed by atoms with van der Waals surface area (Å²) in [5, 5.41) is 14.4. The summed E-state index contributed by atoms with van der Waals surface area (Å²) in [7, 11) is -1.14. The number of carbonyl (C=O) groups excluding carboxylic acids is 2. The Balaban J connectivity index is 1.63. The first-order valence-electron chi connectivity index (χ1n) is 12.4. The Morgan fingerprint density at radius 3 is 2.62 bits per heavy atom. The number of nitrogens with one attached hydrogen (secondary N) is 2. The third-order valence-corrected chi connectivity index (χ3v) is 8.17. The van der Waals surface area contributed by atoms with Crippen molar-refractivity contribution in [1.82, 2.24) is 24.9 Å². The summed E-state index contributed by atoms with van der Waals surface area (Å²) >= 11 is 0. The van der Waals surface area contributed by atoms with Crippen LogP contribution in [0, 0.1) is 11.8 Å². The minimum absolute atomic E-state index is 0.0955. The molecule has 0 unspecified atom stereocenters. The summed E-state index contributed by atoms with van der Waals surface area (Å²) in [6, 6.07) is 2.16. The fourth-order valence-electron chi connectivity index (χ4n) is 4.26. The molecule has 1 aliphatic rings. The molecule has 0 saturated heterocycles. The van der Waals surface area contributed by atoms with Crippen LogP contribution in [0.2, 0.25) is 25.7 Å². The lowest BCUT2D eigenvalue weighted by molar-refractivity contribution is -0.119. The van der Waals surface area contributed by atoms with Crippen LogP contribution in [0.25, 0.3) is 0 Å². The van der Waals surface area contributed by atoms with Crippen molar-refractivity contribution in [3.8, 4) is 0 Å². The number of hydrogen-bond donors (Lipinski definition) is 2. The second-order valence-electron chi connectivity index (χ2n) is 10.6. The maximum atomic E-state index is 13.3. The first-order valence-corrected chi connectivity index (χ1v) is 16.1. The molecule has 2 heterocycles. The normalized spacial score (nSPS) is 19.6. The van der Waals surface area contributed by atoms with Crippen LogP contribution < -0.4 is 10.6 Å². The van der Waals surface area contributed by atoms with E-state index in [-0.39, 0.29) is 17.7 Å². The van der Waals surface area contributed by atoms with Gasteiger partial charge in [0.15, 0.2) is 0 Å². The summed E-state index contributed by atoms with van der Waals surface area (Å²) in [5.74, 6) is 0.258. The van der Waals surface area contributed by atoms with Gasteiger partial charge >= 0.3 is 0 Å². The Hall–Kier alpha value is -2.46.